The average Bonchev–Trinajstić information content (AvgIpc) is 3.40. The summed E-state index contributed by atoms with van der Waals surface area (Å²) in [6.45, 7) is 1.52. The molecule has 2 aromatic carbocycles. The SMILES string of the molecule is Cc1cc(S(=O)(=O)NC2CC2)ccc1OCC(=O)NC1CC(c2cccc(F)c2)NN1. The smallest absolute Gasteiger partial charge is 0.259 e. The third-order valence-corrected chi connectivity index (χ3v) is 6.72. The number of hydrogen-bond donors (Lipinski definition) is 4. The van der Waals surface area contributed by atoms with Crippen LogP contribution in [0.2, 0.25) is 0 Å². The zero-order valence-electron chi connectivity index (χ0n) is 17.0. The van der Waals surface area contributed by atoms with Gasteiger partial charge >= 0.3 is 0 Å². The van der Waals surface area contributed by atoms with E-state index in [4.69, 9.17) is 4.74 Å². The number of amides is 1. The summed E-state index contributed by atoms with van der Waals surface area (Å²) in [5, 5.41) is 2.81. The second kappa shape index (κ2) is 8.91. The molecular weight excluding hydrogens is 423 g/mol. The lowest BCUT2D eigenvalue weighted by atomic mass is 10.0. The topological polar surface area (TPSA) is 109 Å². The van der Waals surface area contributed by atoms with Gasteiger partial charge in [-0.15, -0.1) is 0 Å². The molecule has 2 aromatic rings. The monoisotopic (exact) mass is 448 g/mol. The Morgan fingerprint density at radius 2 is 2.00 bits per heavy atom. The number of nitrogens with one attached hydrogen (secondary N) is 4. The molecule has 4 N–H and O–H groups in total. The molecule has 2 atom stereocenters. The zero-order valence-corrected chi connectivity index (χ0v) is 17.8. The van der Waals surface area contributed by atoms with E-state index in [1.54, 1.807) is 19.1 Å². The standard InChI is InChI=1S/C21H25FN4O4S/c1-13-9-17(31(28,29)26-16-5-6-16)7-8-19(13)30-12-21(27)23-20-11-18(24-25-20)14-3-2-4-15(22)10-14/h2-4,7-10,16,18,20,24-26H,5-6,11-12H2,1H3,(H,23,27). The van der Waals surface area contributed by atoms with Gasteiger partial charge in [-0.3, -0.25) is 4.79 Å². The minimum absolute atomic E-state index is 0.0316. The Balaban J connectivity index is 1.28. The Morgan fingerprint density at radius 1 is 1.19 bits per heavy atom. The number of sulfonamides is 1. The maximum Gasteiger partial charge on any atom is 0.259 e. The minimum Gasteiger partial charge on any atom is -0.484 e. The Bertz CT molecular complexity index is 1070. The molecule has 1 amide bonds. The second-order valence-corrected chi connectivity index (χ2v) is 9.58. The molecule has 0 bridgehead atoms. The number of carbonyl (C=O) groups is 1. The van der Waals surface area contributed by atoms with E-state index in [0.29, 0.717) is 17.7 Å². The van der Waals surface area contributed by atoms with Crippen LogP contribution in [-0.4, -0.2) is 33.1 Å². The van der Waals surface area contributed by atoms with Crippen LogP contribution in [0, 0.1) is 12.7 Å². The van der Waals surface area contributed by atoms with Crippen LogP contribution in [-0.2, 0) is 14.8 Å². The zero-order chi connectivity index (χ0) is 22.0. The molecule has 31 heavy (non-hydrogen) atoms. The van der Waals surface area contributed by atoms with Gasteiger partial charge < -0.3 is 10.1 Å². The first-order chi connectivity index (χ1) is 14.8. The molecular formula is C21H25FN4O4S. The van der Waals surface area contributed by atoms with Gasteiger partial charge in [0.05, 0.1) is 11.1 Å². The molecule has 8 nitrogen and oxygen atoms in total. The number of hydrazine groups is 1. The van der Waals surface area contributed by atoms with Gasteiger partial charge in [-0.2, -0.15) is 0 Å². The lowest BCUT2D eigenvalue weighted by molar-refractivity contribution is -0.123. The van der Waals surface area contributed by atoms with Crippen LogP contribution in [0.3, 0.4) is 0 Å². The summed E-state index contributed by atoms with van der Waals surface area (Å²) < 4.78 is 46.2. The van der Waals surface area contributed by atoms with E-state index in [1.807, 2.05) is 6.07 Å². The maximum absolute atomic E-state index is 13.4. The second-order valence-electron chi connectivity index (χ2n) is 7.86. The average molecular weight is 449 g/mol. The van der Waals surface area contributed by atoms with Crippen LogP contribution in [0.25, 0.3) is 0 Å². The fraction of sp³-hybridized carbons (Fsp3) is 0.381. The molecule has 2 fully saturated rings. The van der Waals surface area contributed by atoms with Crippen molar-refractivity contribution in [3.8, 4) is 5.75 Å². The number of carbonyl (C=O) groups excluding carboxylic acids is 1. The highest BCUT2D eigenvalue weighted by Gasteiger charge is 2.28. The fourth-order valence-electron chi connectivity index (χ4n) is 3.41. The summed E-state index contributed by atoms with van der Waals surface area (Å²) in [5.74, 6) is -0.195. The summed E-state index contributed by atoms with van der Waals surface area (Å²) in [6.07, 6.45) is 1.95. The lowest BCUT2D eigenvalue weighted by Gasteiger charge is -2.14. The van der Waals surface area contributed by atoms with Gasteiger partial charge in [-0.05, 0) is 61.2 Å². The van der Waals surface area contributed by atoms with Crippen molar-refractivity contribution in [2.75, 3.05) is 6.61 Å². The van der Waals surface area contributed by atoms with Gasteiger partial charge in [0.25, 0.3) is 5.91 Å². The van der Waals surface area contributed by atoms with E-state index < -0.39 is 10.0 Å². The molecule has 1 saturated heterocycles. The number of aryl methyl sites for hydroxylation is 1. The van der Waals surface area contributed by atoms with Crippen LogP contribution < -0.4 is 25.6 Å². The van der Waals surface area contributed by atoms with Crippen LogP contribution >= 0.6 is 0 Å². The molecule has 0 radical (unpaired) electrons. The van der Waals surface area contributed by atoms with Crippen molar-refractivity contribution in [1.82, 2.24) is 20.9 Å². The molecule has 0 aromatic heterocycles. The number of ether oxygens (including phenoxy) is 1. The fourth-order valence-corrected chi connectivity index (χ4v) is 4.80. The van der Waals surface area contributed by atoms with Crippen molar-refractivity contribution in [3.63, 3.8) is 0 Å². The normalized spacial score (nSPS) is 21.1. The van der Waals surface area contributed by atoms with Gasteiger partial charge in [-0.25, -0.2) is 28.4 Å². The minimum atomic E-state index is -3.54. The highest BCUT2D eigenvalue weighted by molar-refractivity contribution is 7.89. The predicted molar refractivity (Wildman–Crippen MR) is 112 cm³/mol. The molecule has 1 saturated carbocycles. The van der Waals surface area contributed by atoms with E-state index in [2.05, 4.69) is 20.9 Å². The number of benzene rings is 2. The van der Waals surface area contributed by atoms with Gasteiger partial charge in [0.1, 0.15) is 11.6 Å². The number of rotatable bonds is 8. The molecule has 4 rings (SSSR count). The Kier molecular flexibility index (Phi) is 6.24. The highest BCUT2D eigenvalue weighted by Crippen LogP contribution is 2.25. The van der Waals surface area contributed by atoms with Crippen LogP contribution in [0.5, 0.6) is 5.75 Å². The maximum atomic E-state index is 13.4. The summed E-state index contributed by atoms with van der Waals surface area (Å²) in [6, 6.07) is 10.8. The lowest BCUT2D eigenvalue weighted by Crippen LogP contribution is -2.45. The van der Waals surface area contributed by atoms with Gasteiger partial charge in [0, 0.05) is 18.5 Å². The molecule has 10 heteroatoms. The van der Waals surface area contributed by atoms with Crippen molar-refractivity contribution in [1.29, 1.82) is 0 Å². The quantitative estimate of drug-likeness (QED) is 0.489. The molecule has 2 aliphatic rings. The molecule has 166 valence electrons. The van der Waals surface area contributed by atoms with Crippen LogP contribution in [0.1, 0.15) is 36.4 Å². The van der Waals surface area contributed by atoms with Gasteiger partial charge in [-0.1, -0.05) is 12.1 Å². The first-order valence-electron chi connectivity index (χ1n) is 10.1. The van der Waals surface area contributed by atoms with E-state index in [0.717, 1.165) is 18.4 Å². The van der Waals surface area contributed by atoms with Crippen LogP contribution in [0.4, 0.5) is 4.39 Å². The van der Waals surface area contributed by atoms with E-state index >= 15 is 0 Å². The molecule has 1 aliphatic carbocycles. The first kappa shape index (κ1) is 21.7. The van der Waals surface area contributed by atoms with Crippen molar-refractivity contribution in [2.24, 2.45) is 0 Å². The molecule has 2 unspecified atom stereocenters. The molecule has 0 spiro atoms. The number of hydrogen-bond acceptors (Lipinski definition) is 6. The largest absolute Gasteiger partial charge is 0.484 e. The van der Waals surface area contributed by atoms with E-state index in [1.165, 1.54) is 24.3 Å². The van der Waals surface area contributed by atoms with E-state index in [9.17, 15) is 17.6 Å². The predicted octanol–water partition coefficient (Wildman–Crippen LogP) is 1.64. The Morgan fingerprint density at radius 3 is 2.71 bits per heavy atom. The van der Waals surface area contributed by atoms with E-state index in [-0.39, 0.29) is 41.5 Å². The Labute approximate surface area is 180 Å². The third kappa shape index (κ3) is 5.59. The van der Waals surface area contributed by atoms with Crippen molar-refractivity contribution >= 4 is 15.9 Å². The summed E-state index contributed by atoms with van der Waals surface area (Å²) in [4.78, 5) is 12.4. The number of halogens is 1. The Hall–Kier alpha value is -2.53. The third-order valence-electron chi connectivity index (χ3n) is 5.20. The molecule has 1 aliphatic heterocycles. The summed E-state index contributed by atoms with van der Waals surface area (Å²) in [7, 11) is -3.54. The van der Waals surface area contributed by atoms with Gasteiger partial charge in [0.2, 0.25) is 10.0 Å². The first-order valence-corrected chi connectivity index (χ1v) is 11.6. The summed E-state index contributed by atoms with van der Waals surface area (Å²) in [5.41, 5.74) is 7.44. The van der Waals surface area contributed by atoms with Crippen molar-refractivity contribution < 1.29 is 22.3 Å². The van der Waals surface area contributed by atoms with Gasteiger partial charge in [0.15, 0.2) is 6.61 Å². The van der Waals surface area contributed by atoms with Crippen molar-refractivity contribution in [3.05, 3.63) is 59.4 Å². The summed E-state index contributed by atoms with van der Waals surface area (Å²) >= 11 is 0. The van der Waals surface area contributed by atoms with Crippen LogP contribution in [0.15, 0.2) is 47.4 Å². The van der Waals surface area contributed by atoms with Crippen molar-refractivity contribution in [2.45, 2.75) is 49.3 Å². The highest BCUT2D eigenvalue weighted by atomic mass is 32.2. The molecule has 1 heterocycles.